The van der Waals surface area contributed by atoms with Gasteiger partial charge in [0.15, 0.2) is 0 Å². The van der Waals surface area contributed by atoms with Crippen molar-refractivity contribution in [2.45, 2.75) is 19.4 Å². The van der Waals surface area contributed by atoms with Gasteiger partial charge in [0.1, 0.15) is 12.4 Å². The predicted molar refractivity (Wildman–Crippen MR) is 100 cm³/mol. The molecule has 2 aromatic carbocycles. The summed E-state index contributed by atoms with van der Waals surface area (Å²) >= 11 is 5.83. The molecule has 0 saturated carbocycles. The number of rotatable bonds is 7. The minimum absolute atomic E-state index is 0.0765. The van der Waals surface area contributed by atoms with Crippen LogP contribution in [-0.2, 0) is 6.54 Å². The zero-order valence-electron chi connectivity index (χ0n) is 14.2. The van der Waals surface area contributed by atoms with Crippen LogP contribution in [0.25, 0.3) is 0 Å². The maximum Gasteiger partial charge on any atom is 0.251 e. The normalized spacial score (nSPS) is 14.4. The number of likely N-dealkylation sites (tertiary alicyclic amines) is 1. The van der Waals surface area contributed by atoms with E-state index in [4.69, 9.17) is 16.3 Å². The summed E-state index contributed by atoms with van der Waals surface area (Å²) in [5, 5.41) is 3.55. The molecule has 1 aliphatic rings. The molecule has 0 spiro atoms. The molecule has 25 heavy (non-hydrogen) atoms. The van der Waals surface area contributed by atoms with Crippen molar-refractivity contribution in [3.63, 3.8) is 0 Å². The van der Waals surface area contributed by atoms with Crippen molar-refractivity contribution >= 4 is 17.5 Å². The number of carbonyl (C=O) groups excluding carboxylic acids is 1. The van der Waals surface area contributed by atoms with Crippen LogP contribution in [0.1, 0.15) is 28.8 Å². The number of halogens is 1. The van der Waals surface area contributed by atoms with Crippen LogP contribution >= 0.6 is 11.6 Å². The van der Waals surface area contributed by atoms with Crippen molar-refractivity contribution in [3.05, 3.63) is 64.7 Å². The third-order valence-corrected chi connectivity index (χ3v) is 4.54. The van der Waals surface area contributed by atoms with Crippen LogP contribution in [0.3, 0.4) is 0 Å². The molecule has 2 aromatic rings. The van der Waals surface area contributed by atoms with Gasteiger partial charge in [-0.1, -0.05) is 23.7 Å². The second kappa shape index (κ2) is 8.88. The molecule has 1 amide bonds. The Morgan fingerprint density at radius 3 is 2.40 bits per heavy atom. The molecular weight excluding hydrogens is 336 g/mol. The van der Waals surface area contributed by atoms with Gasteiger partial charge >= 0.3 is 0 Å². The summed E-state index contributed by atoms with van der Waals surface area (Å²) in [4.78, 5) is 14.6. The van der Waals surface area contributed by atoms with Crippen molar-refractivity contribution in [3.8, 4) is 5.75 Å². The molecule has 1 N–H and O–H groups in total. The summed E-state index contributed by atoms with van der Waals surface area (Å²) in [6.45, 7) is 4.19. The Morgan fingerprint density at radius 2 is 1.72 bits per heavy atom. The smallest absolute Gasteiger partial charge is 0.251 e. The van der Waals surface area contributed by atoms with Gasteiger partial charge in [-0.25, -0.2) is 0 Å². The third kappa shape index (κ3) is 5.48. The Hall–Kier alpha value is -2.04. The molecule has 0 bridgehead atoms. The molecule has 0 atom stereocenters. The van der Waals surface area contributed by atoms with Crippen LogP contribution in [0.4, 0.5) is 0 Å². The van der Waals surface area contributed by atoms with Crippen molar-refractivity contribution in [1.29, 1.82) is 0 Å². The highest BCUT2D eigenvalue weighted by molar-refractivity contribution is 6.30. The summed E-state index contributed by atoms with van der Waals surface area (Å²) in [7, 11) is 0. The molecule has 1 aliphatic heterocycles. The number of benzene rings is 2. The zero-order chi connectivity index (χ0) is 17.5. The molecule has 0 aromatic heterocycles. The van der Waals surface area contributed by atoms with E-state index in [0.29, 0.717) is 23.7 Å². The van der Waals surface area contributed by atoms with E-state index in [1.807, 2.05) is 36.4 Å². The molecule has 5 heteroatoms. The van der Waals surface area contributed by atoms with Crippen LogP contribution in [0.2, 0.25) is 5.02 Å². The third-order valence-electron chi connectivity index (χ3n) is 4.29. The van der Waals surface area contributed by atoms with Crippen molar-refractivity contribution in [2.75, 3.05) is 26.2 Å². The van der Waals surface area contributed by atoms with Gasteiger partial charge in [0.25, 0.3) is 5.91 Å². The molecule has 4 nitrogen and oxygen atoms in total. The van der Waals surface area contributed by atoms with E-state index < -0.39 is 0 Å². The summed E-state index contributed by atoms with van der Waals surface area (Å²) < 4.78 is 5.56. The first-order valence-corrected chi connectivity index (χ1v) is 9.06. The highest BCUT2D eigenvalue weighted by atomic mass is 35.5. The molecule has 0 aliphatic carbocycles. The standard InChI is InChI=1S/C20H23ClN2O2/c21-18-7-9-19(10-8-18)25-14-11-22-20(24)17-5-3-16(4-6-17)15-23-12-1-2-13-23/h3-10H,1-2,11-15H2,(H,22,24). The SMILES string of the molecule is O=C(NCCOc1ccc(Cl)cc1)c1ccc(CN2CCCC2)cc1. The van der Waals surface area contributed by atoms with Crippen molar-refractivity contribution in [2.24, 2.45) is 0 Å². The van der Waals surface area contributed by atoms with Crippen molar-refractivity contribution < 1.29 is 9.53 Å². The molecule has 3 rings (SSSR count). The van der Waals surface area contributed by atoms with E-state index in [-0.39, 0.29) is 5.91 Å². The second-order valence-electron chi connectivity index (χ2n) is 6.24. The minimum Gasteiger partial charge on any atom is -0.492 e. The highest BCUT2D eigenvalue weighted by Crippen LogP contribution is 2.15. The lowest BCUT2D eigenvalue weighted by Crippen LogP contribution is -2.28. The number of ether oxygens (including phenoxy) is 1. The minimum atomic E-state index is -0.0765. The molecular formula is C20H23ClN2O2. The first kappa shape index (κ1) is 17.8. The zero-order valence-corrected chi connectivity index (χ0v) is 15.0. The fraction of sp³-hybridized carbons (Fsp3) is 0.350. The summed E-state index contributed by atoms with van der Waals surface area (Å²) in [6.07, 6.45) is 2.58. The van der Waals surface area contributed by atoms with Crippen LogP contribution in [0.5, 0.6) is 5.75 Å². The molecule has 1 heterocycles. The van der Waals surface area contributed by atoms with Gasteiger partial charge in [-0.05, 0) is 67.9 Å². The Bertz CT molecular complexity index is 680. The van der Waals surface area contributed by atoms with Gasteiger partial charge in [-0.3, -0.25) is 9.69 Å². The van der Waals surface area contributed by atoms with Gasteiger partial charge in [0.05, 0.1) is 6.54 Å². The lowest BCUT2D eigenvalue weighted by molar-refractivity contribution is 0.0947. The van der Waals surface area contributed by atoms with Gasteiger partial charge in [-0.2, -0.15) is 0 Å². The van der Waals surface area contributed by atoms with E-state index in [1.54, 1.807) is 12.1 Å². The van der Waals surface area contributed by atoms with Gasteiger partial charge in [-0.15, -0.1) is 0 Å². The van der Waals surface area contributed by atoms with Crippen molar-refractivity contribution in [1.82, 2.24) is 10.2 Å². The summed E-state index contributed by atoms with van der Waals surface area (Å²) in [5.41, 5.74) is 1.93. The average molecular weight is 359 g/mol. The number of carbonyl (C=O) groups is 1. The maximum absolute atomic E-state index is 12.2. The fourth-order valence-electron chi connectivity index (χ4n) is 2.93. The first-order valence-electron chi connectivity index (χ1n) is 8.68. The number of hydrogen-bond acceptors (Lipinski definition) is 3. The van der Waals surface area contributed by atoms with Crippen LogP contribution in [0.15, 0.2) is 48.5 Å². The van der Waals surface area contributed by atoms with E-state index in [1.165, 1.54) is 31.5 Å². The average Bonchev–Trinajstić information content (AvgIpc) is 3.14. The van der Waals surface area contributed by atoms with Crippen LogP contribution < -0.4 is 10.1 Å². The molecule has 0 radical (unpaired) electrons. The van der Waals surface area contributed by atoms with Crippen LogP contribution in [-0.4, -0.2) is 37.0 Å². The second-order valence-corrected chi connectivity index (χ2v) is 6.67. The quantitative estimate of drug-likeness (QED) is 0.766. The molecule has 1 fully saturated rings. The van der Waals surface area contributed by atoms with Gasteiger partial charge < -0.3 is 10.1 Å². The summed E-state index contributed by atoms with van der Waals surface area (Å²) in [5.74, 6) is 0.664. The topological polar surface area (TPSA) is 41.6 Å². The van der Waals surface area contributed by atoms with E-state index >= 15 is 0 Å². The Kier molecular flexibility index (Phi) is 6.31. The Balaban J connectivity index is 1.40. The number of hydrogen-bond donors (Lipinski definition) is 1. The fourth-order valence-corrected chi connectivity index (χ4v) is 3.05. The predicted octanol–water partition coefficient (Wildman–Crippen LogP) is 3.74. The van der Waals surface area contributed by atoms with Gasteiger partial charge in [0.2, 0.25) is 0 Å². The Morgan fingerprint density at radius 1 is 1.04 bits per heavy atom. The van der Waals surface area contributed by atoms with Gasteiger partial charge in [0, 0.05) is 17.1 Å². The Labute approximate surface area is 153 Å². The lowest BCUT2D eigenvalue weighted by atomic mass is 10.1. The van der Waals surface area contributed by atoms with E-state index in [2.05, 4.69) is 10.2 Å². The number of amides is 1. The first-order chi connectivity index (χ1) is 12.2. The van der Waals surface area contributed by atoms with Crippen LogP contribution in [0, 0.1) is 0 Å². The molecule has 1 saturated heterocycles. The van der Waals surface area contributed by atoms with E-state index in [0.717, 1.165) is 12.3 Å². The largest absolute Gasteiger partial charge is 0.492 e. The molecule has 0 unspecified atom stereocenters. The monoisotopic (exact) mass is 358 g/mol. The number of nitrogens with zero attached hydrogens (tertiary/aromatic N) is 1. The molecule has 132 valence electrons. The highest BCUT2D eigenvalue weighted by Gasteiger charge is 2.12. The summed E-state index contributed by atoms with van der Waals surface area (Å²) in [6, 6.07) is 15.0. The number of nitrogens with one attached hydrogen (secondary N) is 1. The maximum atomic E-state index is 12.2. The van der Waals surface area contributed by atoms with E-state index in [9.17, 15) is 4.79 Å². The lowest BCUT2D eigenvalue weighted by Gasteiger charge is -2.14.